The number of β-amino-alcohol motifs (C(OH)–C–C–N with tert-alkyl or cyclic N) is 1. The number of nitriles is 1. The molecule has 3 aliphatic rings. The molecule has 0 saturated carbocycles. The molecule has 2 aromatic heterocycles. The minimum atomic E-state index is -0.817. The summed E-state index contributed by atoms with van der Waals surface area (Å²) in [6, 6.07) is 11.5. The molecule has 2 aromatic carbocycles. The second-order valence-electron chi connectivity index (χ2n) is 12.3. The summed E-state index contributed by atoms with van der Waals surface area (Å²) in [6.45, 7) is 4.87. The van der Waals surface area contributed by atoms with E-state index in [1.807, 2.05) is 24.9 Å². The summed E-state index contributed by atoms with van der Waals surface area (Å²) in [5, 5.41) is 31.3. The van der Waals surface area contributed by atoms with Crippen molar-refractivity contribution in [2.24, 2.45) is 0 Å². The Bertz CT molecular complexity index is 1870. The number of piperazine rings is 1. The molecule has 0 radical (unpaired) electrons. The highest BCUT2D eigenvalue weighted by Gasteiger charge is 2.34. The number of aliphatic hydroxyl groups is 2. The molecule has 1 amide bonds. The fourth-order valence-electron chi connectivity index (χ4n) is 6.68. The van der Waals surface area contributed by atoms with Crippen molar-refractivity contribution in [1.82, 2.24) is 19.8 Å². The monoisotopic (exact) mass is 645 g/mol. The number of pyridine rings is 1. The molecule has 0 bridgehead atoms. The van der Waals surface area contributed by atoms with E-state index in [1.54, 1.807) is 17.0 Å². The van der Waals surface area contributed by atoms with Gasteiger partial charge in [0.05, 0.1) is 30.1 Å². The lowest BCUT2D eigenvalue weighted by atomic mass is 10.0. The Morgan fingerprint density at radius 1 is 1.13 bits per heavy atom. The van der Waals surface area contributed by atoms with Crippen LogP contribution in [0.25, 0.3) is 22.2 Å². The summed E-state index contributed by atoms with van der Waals surface area (Å²) in [5.41, 5.74) is 3.81. The molecule has 0 spiro atoms. The smallest absolute Gasteiger partial charge is 0.236 e. The van der Waals surface area contributed by atoms with Crippen LogP contribution in [0.1, 0.15) is 35.6 Å². The zero-order valence-corrected chi connectivity index (χ0v) is 26.3. The van der Waals surface area contributed by atoms with Crippen LogP contribution in [0.4, 0.5) is 25.3 Å². The average molecular weight is 646 g/mol. The van der Waals surface area contributed by atoms with Gasteiger partial charge in [0.25, 0.3) is 0 Å². The lowest BCUT2D eigenvalue weighted by molar-refractivity contribution is -0.143. The molecule has 0 unspecified atom stereocenters. The summed E-state index contributed by atoms with van der Waals surface area (Å²) in [5.74, 6) is -0.891. The highest BCUT2D eigenvalue weighted by atomic mass is 32.1. The first kappa shape index (κ1) is 30.4. The van der Waals surface area contributed by atoms with Gasteiger partial charge in [-0.05, 0) is 56.2 Å². The van der Waals surface area contributed by atoms with Crippen molar-refractivity contribution in [1.29, 1.82) is 5.26 Å². The number of hydrogen-bond donors (Lipinski definition) is 2. The summed E-state index contributed by atoms with van der Waals surface area (Å²) in [6.07, 6.45) is -0.248. The first-order valence-corrected chi connectivity index (χ1v) is 16.1. The van der Waals surface area contributed by atoms with Gasteiger partial charge in [-0.25, -0.2) is 18.7 Å². The highest BCUT2D eigenvalue weighted by Crippen LogP contribution is 2.45. The SMILES string of the molecule is C[C@H]1CN(c2cc(F)c3nc4c(c(N(C)c5nc(-c6ccc(F)cc6)c(C#N)s5)c3c2)CC[C@H]4O)CCN1CC(=O)N1CC(O)C1. The average Bonchev–Trinajstić information content (AvgIpc) is 3.63. The molecule has 10 nitrogen and oxygen atoms in total. The number of nitrogens with zero attached hydrogens (tertiary/aromatic N) is 7. The highest BCUT2D eigenvalue weighted by molar-refractivity contribution is 7.16. The summed E-state index contributed by atoms with van der Waals surface area (Å²) >= 11 is 1.19. The van der Waals surface area contributed by atoms with Gasteiger partial charge in [-0.3, -0.25) is 9.69 Å². The van der Waals surface area contributed by atoms with Crippen molar-refractivity contribution in [3.8, 4) is 17.3 Å². The number of anilines is 3. The Morgan fingerprint density at radius 2 is 1.89 bits per heavy atom. The van der Waals surface area contributed by atoms with Gasteiger partial charge >= 0.3 is 0 Å². The van der Waals surface area contributed by atoms with Crippen LogP contribution in [0.2, 0.25) is 0 Å². The van der Waals surface area contributed by atoms with E-state index >= 15 is 4.39 Å². The zero-order valence-electron chi connectivity index (χ0n) is 25.5. The fraction of sp³-hybridized carbons (Fsp3) is 0.394. The minimum absolute atomic E-state index is 0.00136. The number of hydrogen-bond acceptors (Lipinski definition) is 10. The number of carbonyl (C=O) groups excluding carboxylic acids is 1. The Balaban J connectivity index is 1.24. The van der Waals surface area contributed by atoms with Crippen LogP contribution in [0.5, 0.6) is 0 Å². The first-order valence-electron chi connectivity index (χ1n) is 15.3. The van der Waals surface area contributed by atoms with Crippen LogP contribution in [-0.2, 0) is 11.2 Å². The van der Waals surface area contributed by atoms with Gasteiger partial charge in [-0.2, -0.15) is 5.26 Å². The van der Waals surface area contributed by atoms with Crippen molar-refractivity contribution in [2.45, 2.75) is 38.0 Å². The van der Waals surface area contributed by atoms with E-state index in [2.05, 4.69) is 20.9 Å². The number of rotatable bonds is 6. The zero-order chi connectivity index (χ0) is 32.3. The van der Waals surface area contributed by atoms with E-state index in [0.29, 0.717) is 89.3 Å². The predicted octanol–water partition coefficient (Wildman–Crippen LogP) is 3.97. The Morgan fingerprint density at radius 3 is 2.59 bits per heavy atom. The number of amides is 1. The number of aliphatic hydroxyl groups excluding tert-OH is 2. The Hall–Kier alpha value is -4.22. The third-order valence-electron chi connectivity index (χ3n) is 9.25. The molecule has 7 rings (SSSR count). The van der Waals surface area contributed by atoms with E-state index in [-0.39, 0.29) is 29.8 Å². The van der Waals surface area contributed by atoms with Gasteiger partial charge in [0.1, 0.15) is 28.0 Å². The van der Waals surface area contributed by atoms with Crippen LogP contribution < -0.4 is 9.80 Å². The second-order valence-corrected chi connectivity index (χ2v) is 13.2. The first-order chi connectivity index (χ1) is 22.1. The van der Waals surface area contributed by atoms with E-state index in [0.717, 1.165) is 5.56 Å². The number of carbonyl (C=O) groups is 1. The van der Waals surface area contributed by atoms with Crippen LogP contribution in [-0.4, -0.2) is 94.4 Å². The molecule has 46 heavy (non-hydrogen) atoms. The van der Waals surface area contributed by atoms with Crippen molar-refractivity contribution < 1.29 is 23.8 Å². The topological polar surface area (TPSA) is 120 Å². The van der Waals surface area contributed by atoms with Gasteiger partial charge in [0.2, 0.25) is 5.91 Å². The van der Waals surface area contributed by atoms with Crippen LogP contribution >= 0.6 is 11.3 Å². The summed E-state index contributed by atoms with van der Waals surface area (Å²) in [7, 11) is 1.81. The van der Waals surface area contributed by atoms with Gasteiger partial charge in [-0.15, -0.1) is 0 Å². The lowest BCUT2D eigenvalue weighted by Gasteiger charge is -2.43. The number of aromatic nitrogens is 2. The van der Waals surface area contributed by atoms with E-state index in [1.165, 1.54) is 29.5 Å². The third kappa shape index (κ3) is 5.35. The molecule has 238 valence electrons. The molecule has 2 N–H and O–H groups in total. The minimum Gasteiger partial charge on any atom is -0.389 e. The maximum absolute atomic E-state index is 16.0. The van der Waals surface area contributed by atoms with Gasteiger partial charge in [0.15, 0.2) is 10.9 Å². The normalized spacial score (nSPS) is 20.1. The molecular formula is C33H33F2N7O3S. The maximum atomic E-state index is 16.0. The van der Waals surface area contributed by atoms with E-state index in [4.69, 9.17) is 4.98 Å². The number of thiazole rings is 1. The molecule has 2 fully saturated rings. The Labute approximate surface area is 268 Å². The molecule has 1 aliphatic carbocycles. The lowest BCUT2D eigenvalue weighted by Crippen LogP contribution is -2.59. The molecule has 2 atom stereocenters. The van der Waals surface area contributed by atoms with Crippen LogP contribution in [0, 0.1) is 23.0 Å². The van der Waals surface area contributed by atoms with Crippen LogP contribution in [0.15, 0.2) is 36.4 Å². The fourth-order valence-corrected chi connectivity index (χ4v) is 7.53. The number of benzene rings is 2. The predicted molar refractivity (Wildman–Crippen MR) is 171 cm³/mol. The maximum Gasteiger partial charge on any atom is 0.236 e. The Kier molecular flexibility index (Phi) is 7.84. The molecule has 4 aromatic rings. The van der Waals surface area contributed by atoms with Crippen molar-refractivity contribution in [2.75, 3.05) is 56.1 Å². The molecular weight excluding hydrogens is 612 g/mol. The molecule has 4 heterocycles. The molecule has 2 saturated heterocycles. The van der Waals surface area contributed by atoms with Gasteiger partial charge in [-0.1, -0.05) is 11.3 Å². The quantitative estimate of drug-likeness (QED) is 0.321. The molecule has 13 heteroatoms. The molecule has 2 aliphatic heterocycles. The number of fused-ring (bicyclic) bond motifs is 2. The van der Waals surface area contributed by atoms with Crippen molar-refractivity contribution >= 4 is 44.7 Å². The van der Waals surface area contributed by atoms with Crippen molar-refractivity contribution in [3.05, 3.63) is 64.2 Å². The standard InChI is InChI=1S/C33H33F2N7O3S/c1-18-14-41(10-9-40(18)17-28(45)42-15-22(43)16-42)21-11-24-30(25(35)12-21)37-31-23(7-8-26(31)44)32(24)39(2)33-38-29(27(13-36)46-33)19-3-5-20(34)6-4-19/h3-6,11-12,18,22,26,43-44H,7-10,14-17H2,1-2H3/t18-,26+/m0/s1. The largest absolute Gasteiger partial charge is 0.389 e. The third-order valence-corrected chi connectivity index (χ3v) is 10.3. The van der Waals surface area contributed by atoms with E-state index in [9.17, 15) is 24.7 Å². The van der Waals surface area contributed by atoms with Crippen LogP contribution in [0.3, 0.4) is 0 Å². The number of likely N-dealkylation sites (tertiary alicyclic amines) is 1. The van der Waals surface area contributed by atoms with E-state index < -0.39 is 18.0 Å². The second kappa shape index (κ2) is 11.9. The van der Waals surface area contributed by atoms with Gasteiger partial charge in [0, 0.05) is 68.0 Å². The summed E-state index contributed by atoms with van der Waals surface area (Å²) < 4.78 is 29.6. The van der Waals surface area contributed by atoms with Gasteiger partial charge < -0.3 is 24.9 Å². The van der Waals surface area contributed by atoms with Crippen molar-refractivity contribution in [3.63, 3.8) is 0 Å². The number of halogens is 2. The summed E-state index contributed by atoms with van der Waals surface area (Å²) in [4.78, 5) is 30.1.